The Balaban J connectivity index is 2.36. The van der Waals surface area contributed by atoms with Crippen LogP contribution >= 0.6 is 31.9 Å². The molecular weight excluding hydrogens is 354 g/mol. The lowest BCUT2D eigenvalue weighted by Gasteiger charge is -2.11. The van der Waals surface area contributed by atoms with Crippen molar-refractivity contribution >= 4 is 31.9 Å². The second-order valence-corrected chi connectivity index (χ2v) is 5.45. The summed E-state index contributed by atoms with van der Waals surface area (Å²) < 4.78 is 27.2. The summed E-state index contributed by atoms with van der Waals surface area (Å²) in [5.74, 6) is -1.14. The van der Waals surface area contributed by atoms with Crippen molar-refractivity contribution in [1.29, 1.82) is 0 Å². The number of hydrogen-bond acceptors (Lipinski definition) is 0. The molecule has 1 atom stereocenters. The van der Waals surface area contributed by atoms with E-state index in [1.54, 1.807) is 0 Å². The third-order valence-corrected chi connectivity index (χ3v) is 3.93. The summed E-state index contributed by atoms with van der Waals surface area (Å²) >= 11 is 6.78. The maximum Gasteiger partial charge on any atom is 0.126 e. The van der Waals surface area contributed by atoms with Gasteiger partial charge in [0.15, 0.2) is 0 Å². The molecule has 0 spiro atoms. The number of alkyl halides is 1. The molecular formula is C13H8Br2F2. The molecule has 0 aliphatic heterocycles. The Morgan fingerprint density at radius 2 is 1.35 bits per heavy atom. The van der Waals surface area contributed by atoms with Crippen LogP contribution in [0.25, 0.3) is 0 Å². The third kappa shape index (κ3) is 3.13. The van der Waals surface area contributed by atoms with Crippen molar-refractivity contribution in [3.63, 3.8) is 0 Å². The van der Waals surface area contributed by atoms with Gasteiger partial charge in [0.1, 0.15) is 11.6 Å². The van der Waals surface area contributed by atoms with Gasteiger partial charge < -0.3 is 0 Å². The minimum Gasteiger partial charge on any atom is -0.207 e. The van der Waals surface area contributed by atoms with Crippen molar-refractivity contribution in [2.24, 2.45) is 0 Å². The van der Waals surface area contributed by atoms with Crippen molar-refractivity contribution < 1.29 is 8.78 Å². The zero-order valence-electron chi connectivity index (χ0n) is 8.63. The minimum absolute atomic E-state index is 0.221. The van der Waals surface area contributed by atoms with Crippen LogP contribution in [0.1, 0.15) is 16.0 Å². The highest BCUT2D eigenvalue weighted by atomic mass is 79.9. The fraction of sp³-hybridized carbons (Fsp3) is 0.0769. The summed E-state index contributed by atoms with van der Waals surface area (Å²) in [6, 6.07) is 11.1. The number of hydrogen-bond donors (Lipinski definition) is 0. The molecule has 0 N–H and O–H groups in total. The lowest BCUT2D eigenvalue weighted by atomic mass is 10.0. The fourth-order valence-electron chi connectivity index (χ4n) is 1.55. The van der Waals surface area contributed by atoms with Crippen molar-refractivity contribution in [3.8, 4) is 0 Å². The molecule has 17 heavy (non-hydrogen) atoms. The first kappa shape index (κ1) is 12.7. The monoisotopic (exact) mass is 360 g/mol. The molecule has 0 fully saturated rings. The average Bonchev–Trinajstić information content (AvgIpc) is 2.28. The molecule has 0 aliphatic rings. The standard InChI is InChI=1S/C13H8Br2F2/c14-10-3-1-8(2-4-10)13(15)9-5-11(16)7-12(17)6-9/h1-7,13H. The number of benzene rings is 2. The number of halogens is 4. The Morgan fingerprint density at radius 1 is 0.824 bits per heavy atom. The van der Waals surface area contributed by atoms with Crippen LogP contribution < -0.4 is 0 Å². The highest BCUT2D eigenvalue weighted by molar-refractivity contribution is 9.10. The normalized spacial score (nSPS) is 12.5. The Labute approximate surface area is 115 Å². The zero-order chi connectivity index (χ0) is 12.4. The van der Waals surface area contributed by atoms with Crippen LogP contribution in [0, 0.1) is 11.6 Å². The van der Waals surface area contributed by atoms with E-state index >= 15 is 0 Å². The Hall–Kier alpha value is -0.740. The Bertz CT molecular complexity index is 503. The van der Waals surface area contributed by atoms with Crippen molar-refractivity contribution in [2.75, 3.05) is 0 Å². The summed E-state index contributed by atoms with van der Waals surface area (Å²) in [7, 11) is 0. The molecule has 0 heterocycles. The van der Waals surface area contributed by atoms with Crippen LogP contribution in [0.5, 0.6) is 0 Å². The molecule has 0 radical (unpaired) electrons. The summed E-state index contributed by atoms with van der Waals surface area (Å²) in [4.78, 5) is -0.221. The van der Waals surface area contributed by atoms with E-state index in [1.165, 1.54) is 12.1 Å². The first-order chi connectivity index (χ1) is 8.06. The lowest BCUT2D eigenvalue weighted by molar-refractivity contribution is 0.580. The van der Waals surface area contributed by atoms with E-state index in [0.29, 0.717) is 5.56 Å². The molecule has 2 aromatic carbocycles. The smallest absolute Gasteiger partial charge is 0.126 e. The van der Waals surface area contributed by atoms with E-state index in [2.05, 4.69) is 31.9 Å². The first-order valence-electron chi connectivity index (χ1n) is 4.92. The Kier molecular flexibility index (Phi) is 3.94. The molecule has 0 saturated carbocycles. The topological polar surface area (TPSA) is 0 Å². The van der Waals surface area contributed by atoms with Gasteiger partial charge in [-0.05, 0) is 35.4 Å². The van der Waals surface area contributed by atoms with Gasteiger partial charge in [0.25, 0.3) is 0 Å². The van der Waals surface area contributed by atoms with Crippen LogP contribution in [0.4, 0.5) is 8.78 Å². The molecule has 0 nitrogen and oxygen atoms in total. The molecule has 0 aromatic heterocycles. The van der Waals surface area contributed by atoms with Gasteiger partial charge in [0.05, 0.1) is 4.83 Å². The van der Waals surface area contributed by atoms with E-state index in [4.69, 9.17) is 0 Å². The lowest BCUT2D eigenvalue weighted by Crippen LogP contribution is -1.94. The summed E-state index contributed by atoms with van der Waals surface area (Å²) in [5.41, 5.74) is 1.50. The maximum atomic E-state index is 13.1. The van der Waals surface area contributed by atoms with Gasteiger partial charge in [-0.25, -0.2) is 8.78 Å². The predicted octanol–water partition coefficient (Wildman–Crippen LogP) is 5.21. The van der Waals surface area contributed by atoms with E-state index in [0.717, 1.165) is 16.1 Å². The average molecular weight is 362 g/mol. The Morgan fingerprint density at radius 3 is 1.88 bits per heavy atom. The maximum absolute atomic E-state index is 13.1. The second kappa shape index (κ2) is 5.27. The van der Waals surface area contributed by atoms with Crippen molar-refractivity contribution in [2.45, 2.75) is 4.83 Å². The second-order valence-electron chi connectivity index (χ2n) is 3.62. The molecule has 0 bridgehead atoms. The van der Waals surface area contributed by atoms with Gasteiger partial charge in [0, 0.05) is 10.5 Å². The van der Waals surface area contributed by atoms with E-state index in [-0.39, 0.29) is 4.83 Å². The van der Waals surface area contributed by atoms with Crippen LogP contribution in [-0.2, 0) is 0 Å². The van der Waals surface area contributed by atoms with E-state index < -0.39 is 11.6 Å². The van der Waals surface area contributed by atoms with Gasteiger partial charge in [-0.3, -0.25) is 0 Å². The SMILES string of the molecule is Fc1cc(F)cc(C(Br)c2ccc(Br)cc2)c1. The van der Waals surface area contributed by atoms with Gasteiger partial charge in [-0.2, -0.15) is 0 Å². The molecule has 1 unspecified atom stereocenters. The van der Waals surface area contributed by atoms with Crippen LogP contribution in [0.15, 0.2) is 46.9 Å². The summed E-state index contributed by atoms with van der Waals surface area (Å²) in [5, 5.41) is 0. The van der Waals surface area contributed by atoms with Gasteiger partial charge >= 0.3 is 0 Å². The van der Waals surface area contributed by atoms with Gasteiger partial charge in [-0.15, -0.1) is 0 Å². The van der Waals surface area contributed by atoms with Gasteiger partial charge in [-0.1, -0.05) is 44.0 Å². The largest absolute Gasteiger partial charge is 0.207 e. The molecule has 4 heteroatoms. The summed E-state index contributed by atoms with van der Waals surface area (Å²) in [6.45, 7) is 0. The molecule has 88 valence electrons. The predicted molar refractivity (Wildman–Crippen MR) is 71.3 cm³/mol. The van der Waals surface area contributed by atoms with Crippen LogP contribution in [0.3, 0.4) is 0 Å². The zero-order valence-corrected chi connectivity index (χ0v) is 11.8. The number of rotatable bonds is 2. The summed E-state index contributed by atoms with van der Waals surface area (Å²) in [6.07, 6.45) is 0. The fourth-order valence-corrected chi connectivity index (χ4v) is 2.38. The van der Waals surface area contributed by atoms with Crippen molar-refractivity contribution in [3.05, 3.63) is 69.7 Å². The first-order valence-corrected chi connectivity index (χ1v) is 6.62. The van der Waals surface area contributed by atoms with Crippen molar-refractivity contribution in [1.82, 2.24) is 0 Å². The molecule has 0 amide bonds. The third-order valence-electron chi connectivity index (χ3n) is 2.34. The highest BCUT2D eigenvalue weighted by Gasteiger charge is 2.12. The molecule has 0 saturated heterocycles. The van der Waals surface area contributed by atoms with E-state index in [1.807, 2.05) is 24.3 Å². The highest BCUT2D eigenvalue weighted by Crippen LogP contribution is 2.32. The van der Waals surface area contributed by atoms with Crippen LogP contribution in [0.2, 0.25) is 0 Å². The minimum atomic E-state index is -0.568. The van der Waals surface area contributed by atoms with Gasteiger partial charge in [0.2, 0.25) is 0 Å². The quantitative estimate of drug-likeness (QED) is 0.644. The van der Waals surface area contributed by atoms with Crippen LogP contribution in [-0.4, -0.2) is 0 Å². The van der Waals surface area contributed by atoms with E-state index in [9.17, 15) is 8.78 Å². The molecule has 2 rings (SSSR count). The molecule has 2 aromatic rings. The molecule has 0 aliphatic carbocycles.